The van der Waals surface area contributed by atoms with E-state index in [0.29, 0.717) is 12.0 Å². The third-order valence-electron chi connectivity index (χ3n) is 7.31. The zero-order chi connectivity index (χ0) is 25.5. The monoisotopic (exact) mass is 503 g/mol. The molecule has 0 aliphatic carbocycles. The molecule has 0 spiro atoms. The quantitative estimate of drug-likeness (QED) is 0.187. The van der Waals surface area contributed by atoms with Gasteiger partial charge in [0.2, 0.25) is 0 Å². The second kappa shape index (κ2) is 12.2. The predicted molar refractivity (Wildman–Crippen MR) is 161 cm³/mol. The first kappa shape index (κ1) is 25.3. The van der Waals surface area contributed by atoms with Gasteiger partial charge in [-0.1, -0.05) is 109 Å². The van der Waals surface area contributed by atoms with Crippen LogP contribution in [0.1, 0.15) is 48.8 Å². The Morgan fingerprint density at radius 3 is 2.11 bits per heavy atom. The van der Waals surface area contributed by atoms with Crippen molar-refractivity contribution in [3.05, 3.63) is 137 Å². The Morgan fingerprint density at radius 1 is 0.730 bits per heavy atom. The maximum absolute atomic E-state index is 6.20. The molecule has 2 unspecified atom stereocenters. The third-order valence-corrected chi connectivity index (χ3v) is 7.57. The maximum Gasteiger partial charge on any atom is 0.0406 e. The fourth-order valence-corrected chi connectivity index (χ4v) is 5.30. The summed E-state index contributed by atoms with van der Waals surface area (Å²) in [6, 6.07) is 39.2. The van der Waals surface area contributed by atoms with Crippen LogP contribution < -0.4 is 5.32 Å². The number of rotatable bonds is 10. The summed E-state index contributed by atoms with van der Waals surface area (Å²) < 4.78 is 0. The van der Waals surface area contributed by atoms with Crippen molar-refractivity contribution in [3.63, 3.8) is 0 Å². The van der Waals surface area contributed by atoms with Crippen LogP contribution in [-0.2, 0) is 6.54 Å². The van der Waals surface area contributed by atoms with E-state index in [2.05, 4.69) is 121 Å². The number of nitrogens with one attached hydrogen (secondary N) is 1. The van der Waals surface area contributed by atoms with Gasteiger partial charge in [-0.3, -0.25) is 0 Å². The van der Waals surface area contributed by atoms with Gasteiger partial charge >= 0.3 is 0 Å². The van der Waals surface area contributed by atoms with Crippen molar-refractivity contribution in [2.45, 2.75) is 44.7 Å². The molecule has 5 aromatic rings. The summed E-state index contributed by atoms with van der Waals surface area (Å²) in [6.07, 6.45) is 7.89. The van der Waals surface area contributed by atoms with Crippen LogP contribution in [0.25, 0.3) is 27.6 Å². The lowest BCUT2D eigenvalue weighted by Gasteiger charge is -2.26. The molecule has 0 radical (unpaired) electrons. The summed E-state index contributed by atoms with van der Waals surface area (Å²) in [5, 5.41) is 9.76. The largest absolute Gasteiger partial charge is 0.310 e. The Bertz CT molecular complexity index is 1480. The van der Waals surface area contributed by atoms with Crippen molar-refractivity contribution in [3.8, 4) is 0 Å². The van der Waals surface area contributed by atoms with Crippen LogP contribution in [0, 0.1) is 0 Å². The van der Waals surface area contributed by atoms with Gasteiger partial charge in [0, 0.05) is 17.6 Å². The Morgan fingerprint density at radius 2 is 1.38 bits per heavy atom. The number of fused-ring (bicyclic) bond motifs is 2. The van der Waals surface area contributed by atoms with Crippen LogP contribution in [0.4, 0.5) is 0 Å². The fourth-order valence-electron chi connectivity index (χ4n) is 5.17. The minimum atomic E-state index is 0.345. The van der Waals surface area contributed by atoms with Crippen molar-refractivity contribution in [2.24, 2.45) is 0 Å². The zero-order valence-electron chi connectivity index (χ0n) is 21.4. The molecule has 5 aromatic carbocycles. The summed E-state index contributed by atoms with van der Waals surface area (Å²) >= 11 is 6.20. The number of allylic oxidation sites excluding steroid dienone is 1. The second-order valence-electron chi connectivity index (χ2n) is 9.95. The number of hydrogen-bond donors (Lipinski definition) is 1. The Labute approximate surface area is 225 Å². The molecule has 1 nitrogen and oxygen atoms in total. The highest BCUT2D eigenvalue weighted by atomic mass is 35.5. The minimum Gasteiger partial charge on any atom is -0.310 e. The van der Waals surface area contributed by atoms with Gasteiger partial charge in [-0.25, -0.2) is 0 Å². The molecule has 5 rings (SSSR count). The molecular formula is C35H34ClN. The molecule has 0 fully saturated rings. The highest BCUT2D eigenvalue weighted by Gasteiger charge is 2.19. The van der Waals surface area contributed by atoms with Crippen LogP contribution in [-0.4, -0.2) is 6.04 Å². The Hall–Kier alpha value is -3.39. The first-order valence-electron chi connectivity index (χ1n) is 13.3. The van der Waals surface area contributed by atoms with E-state index in [4.69, 9.17) is 11.6 Å². The first-order chi connectivity index (χ1) is 18.2. The van der Waals surface area contributed by atoms with Gasteiger partial charge in [0.05, 0.1) is 0 Å². The molecule has 2 heteroatoms. The highest BCUT2D eigenvalue weighted by molar-refractivity contribution is 6.30. The van der Waals surface area contributed by atoms with E-state index >= 15 is 0 Å². The zero-order valence-corrected chi connectivity index (χ0v) is 22.2. The van der Waals surface area contributed by atoms with E-state index in [1.807, 2.05) is 12.1 Å². The maximum atomic E-state index is 6.20. The summed E-state index contributed by atoms with van der Waals surface area (Å²) in [7, 11) is 0. The Balaban J connectivity index is 1.21. The van der Waals surface area contributed by atoms with Crippen LogP contribution in [0.2, 0.25) is 5.02 Å². The van der Waals surface area contributed by atoms with E-state index in [9.17, 15) is 0 Å². The normalized spacial score (nSPS) is 13.4. The average Bonchev–Trinajstić information content (AvgIpc) is 2.94. The SMILES string of the molecule is CC(NCc1ccc2ccccc2c1)C(CCC/C=C/c1ccc2ccccc2c1)c1ccc(Cl)cc1. The number of benzene rings is 5. The molecule has 0 bridgehead atoms. The third kappa shape index (κ3) is 6.68. The molecule has 0 aromatic heterocycles. The lowest BCUT2D eigenvalue weighted by molar-refractivity contribution is 0.430. The van der Waals surface area contributed by atoms with Gasteiger partial charge in [0.15, 0.2) is 0 Å². The molecule has 0 aliphatic heterocycles. The van der Waals surface area contributed by atoms with Gasteiger partial charge in [-0.05, 0) is 94.6 Å². The molecule has 1 N–H and O–H groups in total. The summed E-state index contributed by atoms with van der Waals surface area (Å²) in [4.78, 5) is 0. The van der Waals surface area contributed by atoms with E-state index in [-0.39, 0.29) is 0 Å². The van der Waals surface area contributed by atoms with E-state index in [1.54, 1.807) is 0 Å². The molecule has 0 aliphatic rings. The van der Waals surface area contributed by atoms with Gasteiger partial charge in [-0.2, -0.15) is 0 Å². The standard InChI is InChI=1S/C35H34ClN/c1-26(37-25-28-16-18-30-11-6-8-13-33(30)24-28)35(31-19-21-34(36)22-20-31)14-4-2-3-9-27-15-17-29-10-5-7-12-32(29)23-27/h3,5-13,15-24,26,35,37H,2,4,14,25H2,1H3/b9-3+. The molecule has 37 heavy (non-hydrogen) atoms. The molecule has 0 amide bonds. The van der Waals surface area contributed by atoms with E-state index < -0.39 is 0 Å². The van der Waals surface area contributed by atoms with Crippen molar-refractivity contribution < 1.29 is 0 Å². The number of halogens is 1. The van der Waals surface area contributed by atoms with Gasteiger partial charge in [0.25, 0.3) is 0 Å². The molecule has 0 heterocycles. The summed E-state index contributed by atoms with van der Waals surface area (Å²) in [5.41, 5.74) is 3.93. The predicted octanol–water partition coefficient (Wildman–Crippen LogP) is 9.79. The van der Waals surface area contributed by atoms with Crippen molar-refractivity contribution in [2.75, 3.05) is 0 Å². The van der Waals surface area contributed by atoms with Gasteiger partial charge in [0.1, 0.15) is 0 Å². The minimum absolute atomic E-state index is 0.345. The van der Waals surface area contributed by atoms with Crippen LogP contribution in [0.3, 0.4) is 0 Å². The Kier molecular flexibility index (Phi) is 8.35. The summed E-state index contributed by atoms with van der Waals surface area (Å²) in [6.45, 7) is 3.17. The van der Waals surface area contributed by atoms with Crippen LogP contribution in [0.15, 0.2) is 115 Å². The molecule has 0 saturated heterocycles. The lowest BCUT2D eigenvalue weighted by Crippen LogP contribution is -2.32. The van der Waals surface area contributed by atoms with Gasteiger partial charge < -0.3 is 5.32 Å². The molecular weight excluding hydrogens is 470 g/mol. The van der Waals surface area contributed by atoms with E-state index in [1.165, 1.54) is 38.2 Å². The topological polar surface area (TPSA) is 12.0 Å². The lowest BCUT2D eigenvalue weighted by atomic mass is 9.87. The van der Waals surface area contributed by atoms with Crippen molar-refractivity contribution in [1.82, 2.24) is 5.32 Å². The molecule has 0 saturated carbocycles. The number of hydrogen-bond acceptors (Lipinski definition) is 1. The fraction of sp³-hybridized carbons (Fsp3) is 0.200. The van der Waals surface area contributed by atoms with Crippen molar-refractivity contribution in [1.29, 1.82) is 0 Å². The summed E-state index contributed by atoms with van der Waals surface area (Å²) in [5.74, 6) is 0.423. The average molecular weight is 504 g/mol. The highest BCUT2D eigenvalue weighted by Crippen LogP contribution is 2.28. The van der Waals surface area contributed by atoms with Gasteiger partial charge in [-0.15, -0.1) is 0 Å². The molecule has 186 valence electrons. The second-order valence-corrected chi connectivity index (χ2v) is 10.4. The first-order valence-corrected chi connectivity index (χ1v) is 13.7. The van der Waals surface area contributed by atoms with Crippen molar-refractivity contribution >= 4 is 39.2 Å². The van der Waals surface area contributed by atoms with Crippen LogP contribution >= 0.6 is 11.6 Å². The van der Waals surface area contributed by atoms with Crippen LogP contribution in [0.5, 0.6) is 0 Å². The molecule has 2 atom stereocenters. The van der Waals surface area contributed by atoms with E-state index in [0.717, 1.165) is 30.8 Å². The number of unbranched alkanes of at least 4 members (excludes halogenated alkanes) is 1. The smallest absolute Gasteiger partial charge is 0.0406 e.